The van der Waals surface area contributed by atoms with Crippen molar-refractivity contribution in [2.45, 2.75) is 46.6 Å². The second kappa shape index (κ2) is 6.36. The molecule has 1 saturated heterocycles. The summed E-state index contributed by atoms with van der Waals surface area (Å²) >= 11 is 1.69. The Morgan fingerprint density at radius 1 is 1.24 bits per heavy atom. The van der Waals surface area contributed by atoms with Crippen molar-refractivity contribution in [2.24, 2.45) is 11.8 Å². The molecule has 25 heavy (non-hydrogen) atoms. The Hall–Kier alpha value is -1.46. The number of rotatable bonds is 3. The van der Waals surface area contributed by atoms with Crippen LogP contribution in [-0.4, -0.2) is 34.1 Å². The highest BCUT2D eigenvalue weighted by molar-refractivity contribution is 7.15. The zero-order chi connectivity index (χ0) is 17.7. The molecule has 2 bridgehead atoms. The maximum Gasteiger partial charge on any atom is 0.251 e. The van der Waals surface area contributed by atoms with Crippen LogP contribution in [0.5, 0.6) is 0 Å². The minimum atomic E-state index is 0.157. The van der Waals surface area contributed by atoms with E-state index < -0.39 is 0 Å². The van der Waals surface area contributed by atoms with Crippen LogP contribution >= 0.6 is 11.3 Å². The van der Waals surface area contributed by atoms with E-state index in [0.717, 1.165) is 47.3 Å². The Bertz CT molecular complexity index is 851. The number of pyridine rings is 1. The van der Waals surface area contributed by atoms with Gasteiger partial charge in [-0.1, -0.05) is 13.8 Å². The largest absolute Gasteiger partial charge is 0.312 e. The summed E-state index contributed by atoms with van der Waals surface area (Å²) in [6.45, 7) is 12.9. The van der Waals surface area contributed by atoms with Crippen LogP contribution in [-0.2, 0) is 6.54 Å². The molecular formula is C20H27N3OS. The lowest BCUT2D eigenvalue weighted by Crippen LogP contribution is -2.48. The number of thiazole rings is 1. The number of hydrogen-bond donors (Lipinski definition) is 0. The van der Waals surface area contributed by atoms with Gasteiger partial charge in [0, 0.05) is 49.4 Å². The van der Waals surface area contributed by atoms with Crippen LogP contribution in [0.25, 0.3) is 10.4 Å². The molecule has 0 N–H and O–H groups in total. The predicted octanol–water partition coefficient (Wildman–Crippen LogP) is 3.66. The van der Waals surface area contributed by atoms with Gasteiger partial charge in [0.2, 0.25) is 0 Å². The molecule has 4 heterocycles. The van der Waals surface area contributed by atoms with Crippen molar-refractivity contribution in [3.63, 3.8) is 0 Å². The number of aryl methyl sites for hydroxylation is 2. The summed E-state index contributed by atoms with van der Waals surface area (Å²) in [6.07, 6.45) is 1.22. The van der Waals surface area contributed by atoms with Crippen molar-refractivity contribution in [1.82, 2.24) is 14.5 Å². The van der Waals surface area contributed by atoms with Gasteiger partial charge in [-0.2, -0.15) is 0 Å². The van der Waals surface area contributed by atoms with E-state index in [1.807, 2.05) is 24.5 Å². The molecule has 2 atom stereocenters. The predicted molar refractivity (Wildman–Crippen MR) is 103 cm³/mol. The highest BCUT2D eigenvalue weighted by Gasteiger charge is 2.35. The number of hydrogen-bond acceptors (Lipinski definition) is 4. The molecule has 0 radical (unpaired) electrons. The standard InChI is InChI=1S/C20H27N3OS/c1-12(2)8-22-9-15-5-17(11-22)18-6-16(7-19(24)23(18)10-15)20-13(3)21-14(4)25-20/h6-7,12,15,17H,5,8-11H2,1-4H3/t15-,17+/m0/s1. The van der Waals surface area contributed by atoms with Gasteiger partial charge in [-0.15, -0.1) is 11.3 Å². The highest BCUT2D eigenvalue weighted by atomic mass is 32.1. The first-order valence-corrected chi connectivity index (χ1v) is 10.1. The average molecular weight is 358 g/mol. The van der Waals surface area contributed by atoms with Crippen LogP contribution in [0.1, 0.15) is 42.6 Å². The quantitative estimate of drug-likeness (QED) is 0.841. The van der Waals surface area contributed by atoms with E-state index in [1.54, 1.807) is 11.3 Å². The summed E-state index contributed by atoms with van der Waals surface area (Å²) in [5.41, 5.74) is 3.48. The van der Waals surface area contributed by atoms with E-state index in [2.05, 4.69) is 29.8 Å². The van der Waals surface area contributed by atoms with Gasteiger partial charge in [-0.05, 0) is 38.2 Å². The molecule has 134 valence electrons. The Labute approximate surface area is 153 Å². The summed E-state index contributed by atoms with van der Waals surface area (Å²) in [4.78, 5) is 21.1. The normalized spacial score (nSPS) is 23.1. The van der Waals surface area contributed by atoms with E-state index in [0.29, 0.717) is 17.8 Å². The maximum absolute atomic E-state index is 12.8. The van der Waals surface area contributed by atoms with Crippen LogP contribution in [0.3, 0.4) is 0 Å². The smallest absolute Gasteiger partial charge is 0.251 e. The fourth-order valence-corrected chi connectivity index (χ4v) is 5.56. The lowest BCUT2D eigenvalue weighted by Gasteiger charge is -2.43. The third kappa shape index (κ3) is 3.20. The zero-order valence-corrected chi connectivity index (χ0v) is 16.4. The first kappa shape index (κ1) is 17.0. The highest BCUT2D eigenvalue weighted by Crippen LogP contribution is 2.38. The van der Waals surface area contributed by atoms with Gasteiger partial charge in [0.15, 0.2) is 0 Å². The molecule has 2 aliphatic heterocycles. The molecule has 2 aromatic rings. The van der Waals surface area contributed by atoms with Crippen LogP contribution in [0.15, 0.2) is 16.9 Å². The monoisotopic (exact) mass is 357 g/mol. The Morgan fingerprint density at radius 3 is 2.72 bits per heavy atom. The molecular weight excluding hydrogens is 330 g/mol. The SMILES string of the molecule is Cc1nc(C)c(-c2cc3n(c(=O)c2)C[C@H]2C[C@@H]3CN(CC(C)C)C2)s1. The molecule has 0 unspecified atom stereocenters. The number of nitrogens with zero attached hydrogens (tertiary/aromatic N) is 3. The lowest BCUT2D eigenvalue weighted by molar-refractivity contribution is 0.109. The molecule has 5 heteroatoms. The Balaban J connectivity index is 1.73. The van der Waals surface area contributed by atoms with Gasteiger partial charge in [-0.3, -0.25) is 4.79 Å². The van der Waals surface area contributed by atoms with Gasteiger partial charge in [0.05, 0.1) is 15.6 Å². The molecule has 4 nitrogen and oxygen atoms in total. The summed E-state index contributed by atoms with van der Waals surface area (Å²) in [6, 6.07) is 4.08. The molecule has 4 rings (SSSR count). The summed E-state index contributed by atoms with van der Waals surface area (Å²) in [5, 5.41) is 1.06. The molecule has 2 aromatic heterocycles. The number of aromatic nitrogens is 2. The minimum Gasteiger partial charge on any atom is -0.312 e. The molecule has 0 saturated carbocycles. The average Bonchev–Trinajstić information content (AvgIpc) is 2.86. The summed E-state index contributed by atoms with van der Waals surface area (Å²) in [7, 11) is 0. The lowest BCUT2D eigenvalue weighted by atomic mass is 9.82. The molecule has 1 fully saturated rings. The van der Waals surface area contributed by atoms with Crippen LogP contribution in [0, 0.1) is 25.7 Å². The zero-order valence-electron chi connectivity index (χ0n) is 15.6. The molecule has 0 spiro atoms. The fourth-order valence-electron chi connectivity index (χ4n) is 4.65. The minimum absolute atomic E-state index is 0.157. The molecule has 2 aliphatic rings. The third-order valence-electron chi connectivity index (χ3n) is 5.42. The van der Waals surface area contributed by atoms with Gasteiger partial charge in [0.25, 0.3) is 5.56 Å². The number of likely N-dealkylation sites (tertiary alicyclic amines) is 1. The van der Waals surface area contributed by atoms with E-state index in [-0.39, 0.29) is 5.56 Å². The van der Waals surface area contributed by atoms with Gasteiger partial charge < -0.3 is 9.47 Å². The van der Waals surface area contributed by atoms with Crippen molar-refractivity contribution < 1.29 is 0 Å². The first-order chi connectivity index (χ1) is 11.9. The van der Waals surface area contributed by atoms with Gasteiger partial charge >= 0.3 is 0 Å². The topological polar surface area (TPSA) is 38.1 Å². The number of fused-ring (bicyclic) bond motifs is 4. The van der Waals surface area contributed by atoms with E-state index in [1.165, 1.54) is 12.1 Å². The maximum atomic E-state index is 12.8. The second-order valence-corrected chi connectivity index (χ2v) is 9.38. The summed E-state index contributed by atoms with van der Waals surface area (Å²) < 4.78 is 2.04. The van der Waals surface area contributed by atoms with Crippen molar-refractivity contribution in [3.8, 4) is 10.4 Å². The van der Waals surface area contributed by atoms with Crippen LogP contribution in [0.2, 0.25) is 0 Å². The van der Waals surface area contributed by atoms with Crippen molar-refractivity contribution >= 4 is 11.3 Å². The number of piperidine rings is 1. The second-order valence-electron chi connectivity index (χ2n) is 8.18. The fraction of sp³-hybridized carbons (Fsp3) is 0.600. The molecule has 0 aromatic carbocycles. The Morgan fingerprint density at radius 2 is 2.04 bits per heavy atom. The van der Waals surface area contributed by atoms with Crippen molar-refractivity contribution in [3.05, 3.63) is 38.9 Å². The first-order valence-electron chi connectivity index (χ1n) is 9.32. The van der Waals surface area contributed by atoms with Crippen LogP contribution < -0.4 is 5.56 Å². The van der Waals surface area contributed by atoms with E-state index in [9.17, 15) is 4.79 Å². The van der Waals surface area contributed by atoms with Crippen LogP contribution in [0.4, 0.5) is 0 Å². The van der Waals surface area contributed by atoms with Crippen molar-refractivity contribution in [2.75, 3.05) is 19.6 Å². The summed E-state index contributed by atoms with van der Waals surface area (Å²) in [5.74, 6) is 1.78. The third-order valence-corrected chi connectivity index (χ3v) is 6.54. The van der Waals surface area contributed by atoms with E-state index >= 15 is 0 Å². The van der Waals surface area contributed by atoms with Gasteiger partial charge in [-0.25, -0.2) is 4.98 Å². The Kier molecular flexibility index (Phi) is 4.32. The van der Waals surface area contributed by atoms with Crippen molar-refractivity contribution in [1.29, 1.82) is 0 Å². The molecule has 0 aliphatic carbocycles. The van der Waals surface area contributed by atoms with Gasteiger partial charge in [0.1, 0.15) is 0 Å². The molecule has 0 amide bonds. The van der Waals surface area contributed by atoms with E-state index in [4.69, 9.17) is 0 Å².